The Balaban J connectivity index is 2.21. The van der Waals surface area contributed by atoms with Crippen molar-refractivity contribution in [3.05, 3.63) is 35.0 Å². The van der Waals surface area contributed by atoms with Crippen LogP contribution in [-0.4, -0.2) is 16.9 Å². The quantitative estimate of drug-likeness (QED) is 0.683. The third-order valence-electron chi connectivity index (χ3n) is 3.51. The monoisotopic (exact) mass is 229 g/mol. The van der Waals surface area contributed by atoms with E-state index >= 15 is 0 Å². The van der Waals surface area contributed by atoms with Gasteiger partial charge < -0.3 is 16.5 Å². The lowest BCUT2D eigenvalue weighted by molar-refractivity contribution is 0.100. The van der Waals surface area contributed by atoms with Gasteiger partial charge in [0.25, 0.3) is 0 Å². The van der Waals surface area contributed by atoms with E-state index < -0.39 is 0 Å². The zero-order valence-electron chi connectivity index (χ0n) is 9.49. The molecule has 1 aliphatic carbocycles. The topological polar surface area (TPSA) is 84.9 Å². The van der Waals surface area contributed by atoms with Crippen LogP contribution in [0.25, 0.3) is 10.9 Å². The number of primary amides is 1. The highest BCUT2D eigenvalue weighted by molar-refractivity contribution is 5.98. The number of hydrogen-bond acceptors (Lipinski definition) is 2. The summed E-state index contributed by atoms with van der Waals surface area (Å²) in [6.07, 6.45) is 2.87. The zero-order valence-corrected chi connectivity index (χ0v) is 9.49. The number of H-pyrrole nitrogens is 1. The molecule has 0 bridgehead atoms. The number of aromatic amines is 1. The summed E-state index contributed by atoms with van der Waals surface area (Å²) in [5, 5.41) is 1.09. The SMILES string of the molecule is NC(=O)c1ccc2[nH]c3c(c2c1)C[C@H](N)CC3. The fourth-order valence-electron chi connectivity index (χ4n) is 2.60. The Hall–Kier alpha value is -1.81. The van der Waals surface area contributed by atoms with Gasteiger partial charge in [-0.1, -0.05) is 0 Å². The molecule has 0 fully saturated rings. The fourth-order valence-corrected chi connectivity index (χ4v) is 2.60. The lowest BCUT2D eigenvalue weighted by Crippen LogP contribution is -2.27. The minimum atomic E-state index is -0.387. The maximum absolute atomic E-state index is 11.2. The van der Waals surface area contributed by atoms with Crippen molar-refractivity contribution in [2.75, 3.05) is 0 Å². The third-order valence-corrected chi connectivity index (χ3v) is 3.51. The molecule has 0 radical (unpaired) electrons. The highest BCUT2D eigenvalue weighted by Gasteiger charge is 2.20. The molecule has 1 heterocycles. The van der Waals surface area contributed by atoms with Crippen LogP contribution in [0.3, 0.4) is 0 Å². The molecule has 0 unspecified atom stereocenters. The van der Waals surface area contributed by atoms with Crippen molar-refractivity contribution >= 4 is 16.8 Å². The highest BCUT2D eigenvalue weighted by atomic mass is 16.1. The van der Waals surface area contributed by atoms with E-state index in [2.05, 4.69) is 4.98 Å². The van der Waals surface area contributed by atoms with Crippen LogP contribution in [0.1, 0.15) is 28.0 Å². The molecule has 1 atom stereocenters. The lowest BCUT2D eigenvalue weighted by Gasteiger charge is -2.18. The van der Waals surface area contributed by atoms with Gasteiger partial charge in [-0.05, 0) is 43.0 Å². The predicted octanol–water partition coefficient (Wildman–Crippen LogP) is 1.08. The largest absolute Gasteiger partial charge is 0.366 e. The Morgan fingerprint density at radius 3 is 3.00 bits per heavy atom. The maximum atomic E-state index is 11.2. The van der Waals surface area contributed by atoms with Crippen molar-refractivity contribution in [3.8, 4) is 0 Å². The molecule has 4 heteroatoms. The molecule has 0 spiro atoms. The molecule has 4 nitrogen and oxygen atoms in total. The molecule has 0 aliphatic heterocycles. The number of aryl methyl sites for hydroxylation is 1. The summed E-state index contributed by atoms with van der Waals surface area (Å²) in [5.41, 5.74) is 15.4. The van der Waals surface area contributed by atoms with E-state index in [9.17, 15) is 4.79 Å². The van der Waals surface area contributed by atoms with Gasteiger partial charge in [0.1, 0.15) is 0 Å². The molecule has 17 heavy (non-hydrogen) atoms. The molecule has 0 saturated heterocycles. The van der Waals surface area contributed by atoms with Gasteiger partial charge in [0.15, 0.2) is 0 Å². The van der Waals surface area contributed by atoms with Crippen molar-refractivity contribution in [1.29, 1.82) is 0 Å². The van der Waals surface area contributed by atoms with Crippen LogP contribution in [0.5, 0.6) is 0 Å². The van der Waals surface area contributed by atoms with Crippen molar-refractivity contribution in [3.63, 3.8) is 0 Å². The van der Waals surface area contributed by atoms with Gasteiger partial charge >= 0.3 is 0 Å². The molecule has 2 aromatic rings. The normalized spacial score (nSPS) is 19.2. The van der Waals surface area contributed by atoms with Crippen LogP contribution >= 0.6 is 0 Å². The van der Waals surface area contributed by atoms with Crippen LogP contribution in [0.15, 0.2) is 18.2 Å². The first kappa shape index (κ1) is 10.4. The Kier molecular flexibility index (Phi) is 2.19. The van der Waals surface area contributed by atoms with E-state index in [4.69, 9.17) is 11.5 Å². The molecule has 1 amide bonds. The number of benzene rings is 1. The number of hydrogen-bond donors (Lipinski definition) is 3. The van der Waals surface area contributed by atoms with Gasteiger partial charge in [-0.3, -0.25) is 4.79 Å². The first-order valence-corrected chi connectivity index (χ1v) is 5.84. The molecule has 1 aromatic heterocycles. The highest BCUT2D eigenvalue weighted by Crippen LogP contribution is 2.29. The standard InChI is InChI=1S/C13H15N3O/c14-8-2-4-12-10(6-8)9-5-7(13(15)17)1-3-11(9)16-12/h1,3,5,8,16H,2,4,6,14H2,(H2,15,17)/t8-/m1/s1. The van der Waals surface area contributed by atoms with E-state index in [1.807, 2.05) is 12.1 Å². The summed E-state index contributed by atoms with van der Waals surface area (Å²) >= 11 is 0. The van der Waals surface area contributed by atoms with Crippen molar-refractivity contribution in [2.24, 2.45) is 11.5 Å². The van der Waals surface area contributed by atoms with Crippen molar-refractivity contribution in [1.82, 2.24) is 4.98 Å². The molecule has 0 saturated carbocycles. The molecule has 5 N–H and O–H groups in total. The fraction of sp³-hybridized carbons (Fsp3) is 0.308. The number of nitrogens with one attached hydrogen (secondary N) is 1. The van der Waals surface area contributed by atoms with E-state index in [0.29, 0.717) is 5.56 Å². The van der Waals surface area contributed by atoms with E-state index in [1.165, 1.54) is 11.3 Å². The Morgan fingerprint density at radius 1 is 1.41 bits per heavy atom. The second-order valence-electron chi connectivity index (χ2n) is 4.71. The minimum Gasteiger partial charge on any atom is -0.366 e. The van der Waals surface area contributed by atoms with E-state index in [0.717, 1.165) is 30.2 Å². The molecular formula is C13H15N3O. The number of carbonyl (C=O) groups excluding carboxylic acids is 1. The van der Waals surface area contributed by atoms with Gasteiger partial charge in [0.2, 0.25) is 5.91 Å². The number of amides is 1. The number of aromatic nitrogens is 1. The number of rotatable bonds is 1. The summed E-state index contributed by atoms with van der Waals surface area (Å²) in [6, 6.07) is 5.76. The summed E-state index contributed by atoms with van der Waals surface area (Å²) in [6.45, 7) is 0. The van der Waals surface area contributed by atoms with Crippen molar-refractivity contribution in [2.45, 2.75) is 25.3 Å². The lowest BCUT2D eigenvalue weighted by atomic mass is 9.92. The van der Waals surface area contributed by atoms with E-state index in [1.54, 1.807) is 6.07 Å². The van der Waals surface area contributed by atoms with Crippen LogP contribution in [0, 0.1) is 0 Å². The second kappa shape index (κ2) is 3.60. The summed E-state index contributed by atoms with van der Waals surface area (Å²) in [5.74, 6) is -0.387. The van der Waals surface area contributed by atoms with Gasteiger partial charge in [-0.2, -0.15) is 0 Å². The molecule has 1 aliphatic rings. The predicted molar refractivity (Wildman–Crippen MR) is 66.8 cm³/mol. The number of fused-ring (bicyclic) bond motifs is 3. The van der Waals surface area contributed by atoms with Crippen LogP contribution in [-0.2, 0) is 12.8 Å². The van der Waals surface area contributed by atoms with Gasteiger partial charge in [0.05, 0.1) is 0 Å². The Labute approximate surface area is 99.0 Å². The van der Waals surface area contributed by atoms with Crippen LogP contribution in [0.4, 0.5) is 0 Å². The average molecular weight is 229 g/mol. The zero-order chi connectivity index (χ0) is 12.0. The van der Waals surface area contributed by atoms with Gasteiger partial charge in [-0.25, -0.2) is 0 Å². The molecule has 1 aromatic carbocycles. The van der Waals surface area contributed by atoms with E-state index in [-0.39, 0.29) is 11.9 Å². The second-order valence-corrected chi connectivity index (χ2v) is 4.71. The first-order valence-electron chi connectivity index (χ1n) is 5.84. The summed E-state index contributed by atoms with van der Waals surface area (Å²) in [7, 11) is 0. The van der Waals surface area contributed by atoms with Crippen LogP contribution in [0.2, 0.25) is 0 Å². The molecule has 3 rings (SSSR count). The third kappa shape index (κ3) is 1.61. The molecular weight excluding hydrogens is 214 g/mol. The number of nitrogens with two attached hydrogens (primary N) is 2. The van der Waals surface area contributed by atoms with Crippen LogP contribution < -0.4 is 11.5 Å². The van der Waals surface area contributed by atoms with Crippen molar-refractivity contribution < 1.29 is 4.79 Å². The van der Waals surface area contributed by atoms with Gasteiger partial charge in [0, 0.05) is 28.2 Å². The smallest absolute Gasteiger partial charge is 0.248 e. The molecule has 88 valence electrons. The summed E-state index contributed by atoms with van der Waals surface area (Å²) in [4.78, 5) is 14.6. The minimum absolute atomic E-state index is 0.221. The number of carbonyl (C=O) groups is 1. The Bertz CT molecular complexity index is 600. The maximum Gasteiger partial charge on any atom is 0.248 e. The Morgan fingerprint density at radius 2 is 2.24 bits per heavy atom. The first-order chi connectivity index (χ1) is 8.15. The van der Waals surface area contributed by atoms with Gasteiger partial charge in [-0.15, -0.1) is 0 Å². The average Bonchev–Trinajstić information content (AvgIpc) is 2.66. The summed E-state index contributed by atoms with van der Waals surface area (Å²) < 4.78 is 0.